The highest BCUT2D eigenvalue weighted by molar-refractivity contribution is 5.77. The molecule has 2 N–H and O–H groups in total. The number of fused-ring (bicyclic) bond motifs is 2. The molecule has 2 fully saturated rings. The maximum Gasteiger partial charge on any atom is 0.278 e. The molecule has 1 aliphatic heterocycles. The zero-order chi connectivity index (χ0) is 28.3. The zero-order valence-electron chi connectivity index (χ0n) is 23.6. The van der Waals surface area contributed by atoms with E-state index in [1.165, 1.54) is 5.69 Å². The molecule has 7 rings (SSSR count). The van der Waals surface area contributed by atoms with E-state index in [2.05, 4.69) is 52.8 Å². The number of pyridine rings is 1. The van der Waals surface area contributed by atoms with Gasteiger partial charge in [-0.3, -0.25) is 4.79 Å². The molecular formula is C31H36N8O2. The normalized spacial score (nSPS) is 21.7. The minimum atomic E-state index is -0.587. The second kappa shape index (κ2) is 9.81. The fourth-order valence-electron chi connectivity index (χ4n) is 6.33. The number of aliphatic hydroxyl groups excluding tert-OH is 1. The van der Waals surface area contributed by atoms with Gasteiger partial charge in [0.1, 0.15) is 11.5 Å². The monoisotopic (exact) mass is 552 g/mol. The van der Waals surface area contributed by atoms with Gasteiger partial charge in [-0.2, -0.15) is 4.98 Å². The third-order valence-corrected chi connectivity index (χ3v) is 9.26. The number of hydrogen-bond acceptors (Lipinski definition) is 8. The lowest BCUT2D eigenvalue weighted by molar-refractivity contribution is 0.0734. The van der Waals surface area contributed by atoms with Crippen LogP contribution in [0.5, 0.6) is 0 Å². The molecule has 4 heterocycles. The second-order valence-corrected chi connectivity index (χ2v) is 11.8. The van der Waals surface area contributed by atoms with E-state index in [0.717, 1.165) is 56.6 Å². The highest BCUT2D eigenvalue weighted by Gasteiger charge is 2.52. The predicted octanol–water partition coefficient (Wildman–Crippen LogP) is 3.81. The van der Waals surface area contributed by atoms with E-state index in [0.29, 0.717) is 34.5 Å². The molecule has 212 valence electrons. The van der Waals surface area contributed by atoms with Crippen LogP contribution in [-0.4, -0.2) is 67.0 Å². The maximum atomic E-state index is 13.4. The first-order chi connectivity index (χ1) is 19.9. The Hall–Kier alpha value is -4.02. The van der Waals surface area contributed by atoms with Gasteiger partial charge in [0, 0.05) is 48.7 Å². The molecule has 2 aliphatic carbocycles. The van der Waals surface area contributed by atoms with E-state index in [1.807, 2.05) is 24.3 Å². The molecule has 4 aromatic rings. The fourth-order valence-corrected chi connectivity index (χ4v) is 6.33. The third-order valence-electron chi connectivity index (χ3n) is 9.26. The van der Waals surface area contributed by atoms with E-state index in [1.54, 1.807) is 21.6 Å². The number of allylic oxidation sites excluding steroid dienone is 1. The SMILES string of the molecule is C=CCn1c(=O)c2cnc(Nc3ccc(N4CCN(C)[C@H](C)C4)cc3)nc2n1-c1ccc2c(n1)C(O)C1(CC2)CC1. The van der Waals surface area contributed by atoms with Gasteiger partial charge in [-0.1, -0.05) is 12.1 Å². The summed E-state index contributed by atoms with van der Waals surface area (Å²) in [6.45, 7) is 9.43. The van der Waals surface area contributed by atoms with E-state index in [4.69, 9.17) is 9.97 Å². The van der Waals surface area contributed by atoms with Crippen molar-refractivity contribution in [2.75, 3.05) is 36.9 Å². The summed E-state index contributed by atoms with van der Waals surface area (Å²) in [5.41, 5.74) is 4.05. The van der Waals surface area contributed by atoms with Crippen LogP contribution in [0.4, 0.5) is 17.3 Å². The Kier molecular flexibility index (Phi) is 6.20. The van der Waals surface area contributed by atoms with Crippen LogP contribution in [0.2, 0.25) is 0 Å². The molecule has 1 unspecified atom stereocenters. The number of nitrogens with zero attached hydrogens (tertiary/aromatic N) is 7. The Balaban J connectivity index is 1.22. The molecule has 3 aromatic heterocycles. The quantitative estimate of drug-likeness (QED) is 0.348. The van der Waals surface area contributed by atoms with Crippen LogP contribution >= 0.6 is 0 Å². The number of aliphatic hydroxyl groups is 1. The first-order valence-electron chi connectivity index (χ1n) is 14.5. The third kappa shape index (κ3) is 4.42. The number of nitrogens with one attached hydrogen (secondary N) is 1. The average molecular weight is 553 g/mol. The van der Waals surface area contributed by atoms with Crippen LogP contribution in [0.3, 0.4) is 0 Å². The van der Waals surface area contributed by atoms with Gasteiger partial charge in [0.15, 0.2) is 11.5 Å². The Morgan fingerprint density at radius 3 is 2.66 bits per heavy atom. The van der Waals surface area contributed by atoms with Crippen LogP contribution in [0.15, 0.2) is 60.0 Å². The van der Waals surface area contributed by atoms with Gasteiger partial charge in [0.2, 0.25) is 5.95 Å². The molecule has 1 saturated heterocycles. The summed E-state index contributed by atoms with van der Waals surface area (Å²) >= 11 is 0. The number of rotatable bonds is 6. The first-order valence-corrected chi connectivity index (χ1v) is 14.5. The molecule has 2 atom stereocenters. The summed E-state index contributed by atoms with van der Waals surface area (Å²) in [4.78, 5) is 32.3. The van der Waals surface area contributed by atoms with Crippen LogP contribution in [0.1, 0.15) is 43.5 Å². The van der Waals surface area contributed by atoms with Crippen molar-refractivity contribution in [2.24, 2.45) is 5.41 Å². The van der Waals surface area contributed by atoms with Crippen molar-refractivity contribution in [3.05, 3.63) is 76.9 Å². The molecule has 1 aromatic carbocycles. The Labute approximate surface area is 238 Å². The zero-order valence-corrected chi connectivity index (χ0v) is 23.6. The Morgan fingerprint density at radius 2 is 1.93 bits per heavy atom. The Bertz CT molecular complexity index is 1690. The second-order valence-electron chi connectivity index (χ2n) is 11.8. The van der Waals surface area contributed by atoms with E-state index in [9.17, 15) is 9.90 Å². The van der Waals surface area contributed by atoms with Gasteiger partial charge >= 0.3 is 0 Å². The van der Waals surface area contributed by atoms with Gasteiger partial charge in [-0.25, -0.2) is 19.3 Å². The average Bonchev–Trinajstić information content (AvgIpc) is 3.72. The van der Waals surface area contributed by atoms with E-state index < -0.39 is 6.10 Å². The molecule has 1 saturated carbocycles. The van der Waals surface area contributed by atoms with Crippen molar-refractivity contribution in [1.82, 2.24) is 29.2 Å². The lowest BCUT2D eigenvalue weighted by Gasteiger charge is -2.39. The summed E-state index contributed by atoms with van der Waals surface area (Å²) < 4.78 is 3.30. The van der Waals surface area contributed by atoms with Gasteiger partial charge in [0.05, 0.1) is 12.2 Å². The van der Waals surface area contributed by atoms with Crippen molar-refractivity contribution < 1.29 is 5.11 Å². The minimum Gasteiger partial charge on any atom is -0.386 e. The molecule has 3 aliphatic rings. The highest BCUT2D eigenvalue weighted by Crippen LogP contribution is 2.60. The largest absolute Gasteiger partial charge is 0.386 e. The van der Waals surface area contributed by atoms with Crippen molar-refractivity contribution in [3.8, 4) is 5.82 Å². The number of anilines is 3. The summed E-state index contributed by atoms with van der Waals surface area (Å²) in [6.07, 6.45) is 6.63. The molecular weight excluding hydrogens is 516 g/mol. The van der Waals surface area contributed by atoms with Gasteiger partial charge in [-0.05, 0) is 75.5 Å². The summed E-state index contributed by atoms with van der Waals surface area (Å²) in [7, 11) is 2.17. The van der Waals surface area contributed by atoms with E-state index in [-0.39, 0.29) is 17.5 Å². The number of hydrogen-bond donors (Lipinski definition) is 2. The van der Waals surface area contributed by atoms with Gasteiger partial charge in [-0.15, -0.1) is 6.58 Å². The summed E-state index contributed by atoms with van der Waals surface area (Å²) in [5, 5.41) is 14.9. The standard InChI is InChI=1S/C31H36N8O2/c1-4-15-38-29(41)24-18-32-30(33-22-6-8-23(9-7-22)37-17-16-36(3)20(2)19-37)35-28(24)39(38)25-10-5-21-11-12-31(13-14-31)27(40)26(21)34-25/h4-10,18,20,27,40H,1,11-17,19H2,2-3H3,(H,32,33,35)/t20-,27?/m1/s1. The van der Waals surface area contributed by atoms with Crippen LogP contribution < -0.4 is 15.8 Å². The lowest BCUT2D eigenvalue weighted by Crippen LogP contribution is -2.50. The van der Waals surface area contributed by atoms with Crippen molar-refractivity contribution in [1.29, 1.82) is 0 Å². The number of benzene rings is 1. The summed E-state index contributed by atoms with van der Waals surface area (Å²) in [6, 6.07) is 12.7. The predicted molar refractivity (Wildman–Crippen MR) is 160 cm³/mol. The molecule has 0 radical (unpaired) electrons. The fraction of sp³-hybridized carbons (Fsp3) is 0.419. The van der Waals surface area contributed by atoms with Crippen LogP contribution in [0.25, 0.3) is 16.9 Å². The molecule has 0 bridgehead atoms. The topological polar surface area (TPSA) is 104 Å². The number of aromatic nitrogens is 5. The van der Waals surface area contributed by atoms with Crippen LogP contribution in [-0.2, 0) is 13.0 Å². The van der Waals surface area contributed by atoms with Gasteiger partial charge < -0.3 is 20.2 Å². The molecule has 10 heteroatoms. The molecule has 10 nitrogen and oxygen atoms in total. The van der Waals surface area contributed by atoms with Crippen LogP contribution in [0, 0.1) is 5.41 Å². The lowest BCUT2D eigenvalue weighted by atomic mass is 9.82. The maximum absolute atomic E-state index is 13.4. The van der Waals surface area contributed by atoms with E-state index >= 15 is 0 Å². The number of piperazine rings is 1. The summed E-state index contributed by atoms with van der Waals surface area (Å²) in [5.74, 6) is 0.933. The Morgan fingerprint density at radius 1 is 1.12 bits per heavy atom. The molecule has 0 amide bonds. The first kappa shape index (κ1) is 25.9. The minimum absolute atomic E-state index is 0.0322. The van der Waals surface area contributed by atoms with Gasteiger partial charge in [0.25, 0.3) is 5.56 Å². The molecule has 1 spiro atoms. The number of likely N-dealkylation sites (N-methyl/N-ethyl adjacent to an activating group) is 1. The van der Waals surface area contributed by atoms with Crippen molar-refractivity contribution in [2.45, 2.75) is 51.3 Å². The number of aryl methyl sites for hydroxylation is 1. The molecule has 41 heavy (non-hydrogen) atoms. The highest BCUT2D eigenvalue weighted by atomic mass is 16.3. The van der Waals surface area contributed by atoms with Crippen molar-refractivity contribution in [3.63, 3.8) is 0 Å². The van der Waals surface area contributed by atoms with Crippen molar-refractivity contribution >= 4 is 28.4 Å². The smallest absolute Gasteiger partial charge is 0.278 e.